The summed E-state index contributed by atoms with van der Waals surface area (Å²) in [5.74, 6) is 0.244. The highest BCUT2D eigenvalue weighted by Crippen LogP contribution is 2.19. The smallest absolute Gasteiger partial charge is 0.246 e. The lowest BCUT2D eigenvalue weighted by Crippen LogP contribution is -2.64. The van der Waals surface area contributed by atoms with Gasteiger partial charge in [0.05, 0.1) is 0 Å². The molecule has 7 nitrogen and oxygen atoms in total. The van der Waals surface area contributed by atoms with Gasteiger partial charge in [0.15, 0.2) is 5.76 Å². The predicted octanol–water partition coefficient (Wildman–Crippen LogP) is -1.10. The molecule has 1 aliphatic rings. The van der Waals surface area contributed by atoms with Gasteiger partial charge in [-0.15, -0.1) is 0 Å². The monoisotopic (exact) mass is 261 g/mol. The Labute approximate surface area is 99.2 Å². The van der Waals surface area contributed by atoms with Crippen molar-refractivity contribution in [3.63, 3.8) is 0 Å². The van der Waals surface area contributed by atoms with Crippen molar-refractivity contribution in [2.45, 2.75) is 24.3 Å². The average molecular weight is 261 g/mol. The number of nitrogens with zero attached hydrogens (tertiary/aromatic N) is 1. The highest BCUT2D eigenvalue weighted by atomic mass is 32.2. The molecule has 1 fully saturated rings. The largest absolute Gasteiger partial charge is 0.386 e. The molecule has 0 bridgehead atoms. The van der Waals surface area contributed by atoms with Gasteiger partial charge in [-0.05, 0) is 13.8 Å². The molecule has 0 saturated carbocycles. The lowest BCUT2D eigenvalue weighted by atomic mass is 9.98. The van der Waals surface area contributed by atoms with Gasteiger partial charge in [-0.2, -0.15) is 0 Å². The third-order valence-corrected chi connectivity index (χ3v) is 4.38. The zero-order valence-corrected chi connectivity index (χ0v) is 10.5. The topological polar surface area (TPSA) is 104 Å². The number of aromatic nitrogens is 1. The maximum atomic E-state index is 12.0. The van der Waals surface area contributed by atoms with E-state index in [-0.39, 0.29) is 17.2 Å². The third-order valence-electron chi connectivity index (χ3n) is 2.74. The van der Waals surface area contributed by atoms with Crippen molar-refractivity contribution < 1.29 is 18.0 Å². The van der Waals surface area contributed by atoms with Crippen molar-refractivity contribution in [2.75, 3.05) is 19.6 Å². The summed E-state index contributed by atoms with van der Waals surface area (Å²) in [6.07, 6.45) is 0. The molecule has 0 aliphatic carbocycles. The van der Waals surface area contributed by atoms with E-state index in [0.29, 0.717) is 18.8 Å². The molecule has 0 atom stereocenters. The lowest BCUT2D eigenvalue weighted by Gasteiger charge is -2.37. The van der Waals surface area contributed by atoms with Gasteiger partial charge in [0.25, 0.3) is 0 Å². The van der Waals surface area contributed by atoms with Crippen LogP contribution in [0.4, 0.5) is 0 Å². The van der Waals surface area contributed by atoms with Crippen LogP contribution in [0.15, 0.2) is 9.42 Å². The van der Waals surface area contributed by atoms with Gasteiger partial charge in [0.1, 0.15) is 16.2 Å². The number of hydrogen-bond donors (Lipinski definition) is 3. The fourth-order valence-electron chi connectivity index (χ4n) is 1.70. The van der Waals surface area contributed by atoms with Crippen LogP contribution in [-0.4, -0.2) is 43.9 Å². The highest BCUT2D eigenvalue weighted by molar-refractivity contribution is 7.89. The van der Waals surface area contributed by atoms with E-state index in [1.54, 1.807) is 6.92 Å². The first-order valence-corrected chi connectivity index (χ1v) is 6.68. The maximum absolute atomic E-state index is 12.0. The third kappa shape index (κ3) is 2.34. The van der Waals surface area contributed by atoms with Gasteiger partial charge in [-0.1, -0.05) is 5.16 Å². The minimum Gasteiger partial charge on any atom is -0.386 e. The van der Waals surface area contributed by atoms with E-state index in [1.807, 2.05) is 0 Å². The zero-order valence-electron chi connectivity index (χ0n) is 9.65. The van der Waals surface area contributed by atoms with E-state index in [1.165, 1.54) is 6.92 Å². The summed E-state index contributed by atoms with van der Waals surface area (Å²) in [5, 5.41) is 16.3. The van der Waals surface area contributed by atoms with Gasteiger partial charge in [0.2, 0.25) is 10.0 Å². The van der Waals surface area contributed by atoms with E-state index in [2.05, 4.69) is 15.2 Å². The van der Waals surface area contributed by atoms with Crippen molar-refractivity contribution in [3.8, 4) is 0 Å². The highest BCUT2D eigenvalue weighted by Gasteiger charge is 2.36. The molecule has 8 heteroatoms. The van der Waals surface area contributed by atoms with Crippen LogP contribution in [0.3, 0.4) is 0 Å². The van der Waals surface area contributed by atoms with E-state index < -0.39 is 15.6 Å². The summed E-state index contributed by atoms with van der Waals surface area (Å²) in [6.45, 7) is 3.85. The second kappa shape index (κ2) is 4.05. The molecule has 96 valence electrons. The van der Waals surface area contributed by atoms with Crippen LogP contribution >= 0.6 is 0 Å². The van der Waals surface area contributed by atoms with Crippen LogP contribution in [0.1, 0.15) is 11.5 Å². The standard InChI is InChI=1S/C9H15N3O4S/c1-6-8(7(2)16-12-6)17(14,15)11-5-9(13)3-10-4-9/h10-11,13H,3-5H2,1-2H3. The fourth-order valence-corrected chi connectivity index (χ4v) is 3.14. The Kier molecular flexibility index (Phi) is 2.98. The number of β-amino-alcohol motifs (C(OH)–C–C–N with tert-alkyl or cyclic N) is 1. The van der Waals surface area contributed by atoms with Gasteiger partial charge >= 0.3 is 0 Å². The predicted molar refractivity (Wildman–Crippen MR) is 59.0 cm³/mol. The van der Waals surface area contributed by atoms with Crippen LogP contribution in [0.5, 0.6) is 0 Å². The molecule has 1 aromatic rings. The van der Waals surface area contributed by atoms with Crippen LogP contribution in [0.25, 0.3) is 0 Å². The number of nitrogens with one attached hydrogen (secondary N) is 2. The Morgan fingerprint density at radius 3 is 2.59 bits per heavy atom. The quantitative estimate of drug-likeness (QED) is 0.636. The van der Waals surface area contributed by atoms with Gasteiger partial charge in [-0.25, -0.2) is 13.1 Å². The maximum Gasteiger partial charge on any atom is 0.246 e. The molecule has 17 heavy (non-hydrogen) atoms. The van der Waals surface area contributed by atoms with Crippen LogP contribution in [0.2, 0.25) is 0 Å². The van der Waals surface area contributed by atoms with Crippen molar-refractivity contribution >= 4 is 10.0 Å². The summed E-state index contributed by atoms with van der Waals surface area (Å²) in [5.41, 5.74) is -0.680. The van der Waals surface area contributed by atoms with Gasteiger partial charge in [0, 0.05) is 19.6 Å². The van der Waals surface area contributed by atoms with Gasteiger partial charge in [-0.3, -0.25) is 0 Å². The molecule has 2 heterocycles. The molecule has 0 unspecified atom stereocenters. The van der Waals surface area contributed by atoms with E-state index in [4.69, 9.17) is 4.52 Å². The van der Waals surface area contributed by atoms with Crippen molar-refractivity contribution in [1.82, 2.24) is 15.2 Å². The van der Waals surface area contributed by atoms with Crippen LogP contribution < -0.4 is 10.0 Å². The molecular formula is C9H15N3O4S. The molecule has 0 aromatic carbocycles. The summed E-state index contributed by atoms with van der Waals surface area (Å²) in [4.78, 5) is 0.0494. The molecule has 1 saturated heterocycles. The zero-order chi connectivity index (χ0) is 12.7. The molecule has 1 aliphatic heterocycles. The van der Waals surface area contributed by atoms with Crippen LogP contribution in [0, 0.1) is 13.8 Å². The Morgan fingerprint density at radius 2 is 2.18 bits per heavy atom. The second-order valence-corrected chi connectivity index (χ2v) is 6.01. The fraction of sp³-hybridized carbons (Fsp3) is 0.667. The average Bonchev–Trinajstić information content (AvgIpc) is 2.53. The van der Waals surface area contributed by atoms with E-state index in [0.717, 1.165) is 0 Å². The number of sulfonamides is 1. The number of rotatable bonds is 4. The molecule has 0 spiro atoms. The normalized spacial score (nSPS) is 19.0. The minimum absolute atomic E-state index is 0.0214. The molecule has 1 aromatic heterocycles. The molecule has 0 radical (unpaired) electrons. The summed E-state index contributed by atoms with van der Waals surface area (Å²) in [7, 11) is -3.68. The Balaban J connectivity index is 2.14. The molecule has 0 amide bonds. The minimum atomic E-state index is -3.68. The molecule has 2 rings (SSSR count). The van der Waals surface area contributed by atoms with E-state index in [9.17, 15) is 13.5 Å². The van der Waals surface area contributed by atoms with Crippen molar-refractivity contribution in [1.29, 1.82) is 0 Å². The Morgan fingerprint density at radius 1 is 1.53 bits per heavy atom. The Hall–Kier alpha value is -0.960. The summed E-state index contributed by atoms with van der Waals surface area (Å²) in [6, 6.07) is 0. The van der Waals surface area contributed by atoms with Gasteiger partial charge < -0.3 is 14.9 Å². The number of hydrogen-bond acceptors (Lipinski definition) is 6. The Bertz CT molecular complexity index is 499. The first kappa shape index (κ1) is 12.5. The number of aliphatic hydroxyl groups is 1. The van der Waals surface area contributed by atoms with Crippen molar-refractivity contribution in [3.05, 3.63) is 11.5 Å². The molecular weight excluding hydrogens is 246 g/mol. The first-order valence-electron chi connectivity index (χ1n) is 5.20. The van der Waals surface area contributed by atoms with E-state index >= 15 is 0 Å². The number of aryl methyl sites for hydroxylation is 2. The van der Waals surface area contributed by atoms with Crippen LogP contribution in [-0.2, 0) is 10.0 Å². The lowest BCUT2D eigenvalue weighted by molar-refractivity contribution is -0.00397. The SMILES string of the molecule is Cc1noc(C)c1S(=O)(=O)NCC1(O)CNC1. The van der Waals surface area contributed by atoms with Crippen molar-refractivity contribution in [2.24, 2.45) is 0 Å². The summed E-state index contributed by atoms with van der Waals surface area (Å²) >= 11 is 0. The summed E-state index contributed by atoms with van der Waals surface area (Å²) < 4.78 is 31.1. The molecule has 3 N–H and O–H groups in total. The first-order chi connectivity index (χ1) is 7.84. The second-order valence-electron chi connectivity index (χ2n) is 4.31.